The molecule has 0 aromatic carbocycles. The Kier molecular flexibility index (Phi) is 2.33. The van der Waals surface area contributed by atoms with Gasteiger partial charge in [-0.25, -0.2) is 0 Å². The van der Waals surface area contributed by atoms with E-state index >= 15 is 0 Å². The fourth-order valence-corrected chi connectivity index (χ4v) is 2.73. The van der Waals surface area contributed by atoms with Crippen LogP contribution in [0.4, 0.5) is 0 Å². The molecule has 1 aliphatic carbocycles. The second-order valence-electron chi connectivity index (χ2n) is 4.73. The fraction of sp³-hybridized carbons (Fsp3) is 0.462. The van der Waals surface area contributed by atoms with E-state index in [-0.39, 0.29) is 11.7 Å². The van der Waals surface area contributed by atoms with E-state index in [1.54, 1.807) is 13.3 Å². The highest BCUT2D eigenvalue weighted by Gasteiger charge is 2.24. The second-order valence-corrected chi connectivity index (χ2v) is 4.73. The van der Waals surface area contributed by atoms with Gasteiger partial charge in [-0.05, 0) is 30.9 Å². The minimum atomic E-state index is -0.000136. The van der Waals surface area contributed by atoms with Crippen LogP contribution in [-0.2, 0) is 17.6 Å². The van der Waals surface area contributed by atoms with Crippen LogP contribution in [0.25, 0.3) is 10.9 Å². The number of rotatable bonds is 1. The van der Waals surface area contributed by atoms with Gasteiger partial charge in [-0.3, -0.25) is 4.79 Å². The van der Waals surface area contributed by atoms with Crippen molar-refractivity contribution in [2.45, 2.75) is 32.3 Å². The van der Waals surface area contributed by atoms with Gasteiger partial charge in [0.25, 0.3) is 5.56 Å². The number of aromatic nitrogens is 2. The molecular formula is C13H16N2O2. The van der Waals surface area contributed by atoms with Gasteiger partial charge in [0, 0.05) is 25.4 Å². The van der Waals surface area contributed by atoms with Crippen molar-refractivity contribution < 1.29 is 4.74 Å². The Morgan fingerprint density at radius 2 is 2.29 bits per heavy atom. The van der Waals surface area contributed by atoms with Crippen LogP contribution in [-0.4, -0.2) is 23.2 Å². The highest BCUT2D eigenvalue weighted by atomic mass is 16.5. The van der Waals surface area contributed by atoms with Gasteiger partial charge in [0.15, 0.2) is 0 Å². The highest BCUT2D eigenvalue weighted by Crippen LogP contribution is 2.29. The zero-order valence-corrected chi connectivity index (χ0v) is 10.1. The van der Waals surface area contributed by atoms with Gasteiger partial charge in [-0.2, -0.15) is 0 Å². The van der Waals surface area contributed by atoms with E-state index in [1.807, 2.05) is 6.92 Å². The number of fused-ring (bicyclic) bond motifs is 3. The molecule has 3 rings (SSSR count). The minimum absolute atomic E-state index is 0.000136. The van der Waals surface area contributed by atoms with Gasteiger partial charge in [0.05, 0.1) is 17.0 Å². The summed E-state index contributed by atoms with van der Waals surface area (Å²) in [5, 5.41) is 0.821. The van der Waals surface area contributed by atoms with Gasteiger partial charge in [-0.15, -0.1) is 0 Å². The van der Waals surface area contributed by atoms with Gasteiger partial charge < -0.3 is 14.7 Å². The molecule has 1 aliphatic rings. The number of pyridine rings is 1. The second kappa shape index (κ2) is 3.74. The van der Waals surface area contributed by atoms with Crippen LogP contribution in [0, 0.1) is 6.92 Å². The molecular weight excluding hydrogens is 216 g/mol. The molecule has 17 heavy (non-hydrogen) atoms. The molecule has 2 N–H and O–H groups in total. The zero-order valence-electron chi connectivity index (χ0n) is 10.1. The summed E-state index contributed by atoms with van der Waals surface area (Å²) in [4.78, 5) is 18.1. The SMILES string of the molecule is COC1CCc2[nH]c3c(C)c[nH]c(=O)c3c2C1. The van der Waals surface area contributed by atoms with Crippen molar-refractivity contribution in [2.24, 2.45) is 0 Å². The van der Waals surface area contributed by atoms with Crippen molar-refractivity contribution in [1.29, 1.82) is 0 Å². The van der Waals surface area contributed by atoms with Crippen LogP contribution in [0.1, 0.15) is 23.2 Å². The number of methoxy groups -OCH3 is 1. The fourth-order valence-electron chi connectivity index (χ4n) is 2.73. The maximum atomic E-state index is 11.9. The Morgan fingerprint density at radius 3 is 3.06 bits per heavy atom. The topological polar surface area (TPSA) is 57.9 Å². The Bertz CT molecular complexity index is 624. The predicted octanol–water partition coefficient (Wildman–Crippen LogP) is 1.67. The molecule has 1 unspecified atom stereocenters. The maximum Gasteiger partial charge on any atom is 0.257 e. The number of aryl methyl sites for hydroxylation is 2. The summed E-state index contributed by atoms with van der Waals surface area (Å²) in [5.41, 5.74) is 4.41. The van der Waals surface area contributed by atoms with Crippen molar-refractivity contribution in [3.05, 3.63) is 33.4 Å². The average molecular weight is 232 g/mol. The van der Waals surface area contributed by atoms with Crippen molar-refractivity contribution in [3.63, 3.8) is 0 Å². The molecule has 0 aliphatic heterocycles. The number of hydrogen-bond donors (Lipinski definition) is 2. The smallest absolute Gasteiger partial charge is 0.257 e. The summed E-state index contributed by atoms with van der Waals surface area (Å²) < 4.78 is 5.41. The summed E-state index contributed by atoms with van der Waals surface area (Å²) in [6.07, 6.45) is 4.81. The lowest BCUT2D eigenvalue weighted by Crippen LogP contribution is -2.21. The van der Waals surface area contributed by atoms with Gasteiger partial charge >= 0.3 is 0 Å². The highest BCUT2D eigenvalue weighted by molar-refractivity contribution is 5.86. The lowest BCUT2D eigenvalue weighted by molar-refractivity contribution is 0.0911. The molecule has 0 saturated carbocycles. The van der Waals surface area contributed by atoms with Crippen molar-refractivity contribution in [1.82, 2.24) is 9.97 Å². The van der Waals surface area contributed by atoms with Crippen LogP contribution >= 0.6 is 0 Å². The van der Waals surface area contributed by atoms with Crippen LogP contribution in [0.15, 0.2) is 11.0 Å². The van der Waals surface area contributed by atoms with Crippen LogP contribution in [0.5, 0.6) is 0 Å². The van der Waals surface area contributed by atoms with E-state index in [9.17, 15) is 4.79 Å². The van der Waals surface area contributed by atoms with Crippen LogP contribution in [0.2, 0.25) is 0 Å². The summed E-state index contributed by atoms with van der Waals surface area (Å²) in [5.74, 6) is 0. The van der Waals surface area contributed by atoms with Crippen LogP contribution in [0.3, 0.4) is 0 Å². The first-order valence-electron chi connectivity index (χ1n) is 5.95. The van der Waals surface area contributed by atoms with Crippen molar-refractivity contribution in [3.8, 4) is 0 Å². The number of ether oxygens (including phenoxy) is 1. The molecule has 4 nitrogen and oxygen atoms in total. The van der Waals surface area contributed by atoms with Gasteiger partial charge in [0.1, 0.15) is 0 Å². The van der Waals surface area contributed by atoms with E-state index in [1.165, 1.54) is 5.69 Å². The number of H-pyrrole nitrogens is 2. The lowest BCUT2D eigenvalue weighted by Gasteiger charge is -2.20. The summed E-state index contributed by atoms with van der Waals surface area (Å²) in [7, 11) is 1.74. The molecule has 2 aromatic heterocycles. The van der Waals surface area contributed by atoms with E-state index in [2.05, 4.69) is 9.97 Å². The molecule has 2 aromatic rings. The van der Waals surface area contributed by atoms with E-state index in [0.717, 1.165) is 41.3 Å². The molecule has 90 valence electrons. The normalized spacial score (nSPS) is 19.5. The third-order valence-corrected chi connectivity index (χ3v) is 3.71. The van der Waals surface area contributed by atoms with Gasteiger partial charge in [0.2, 0.25) is 0 Å². The zero-order chi connectivity index (χ0) is 12.0. The Morgan fingerprint density at radius 1 is 1.47 bits per heavy atom. The predicted molar refractivity (Wildman–Crippen MR) is 66.5 cm³/mol. The molecule has 0 bridgehead atoms. The minimum Gasteiger partial charge on any atom is -0.381 e. The largest absolute Gasteiger partial charge is 0.381 e. The Hall–Kier alpha value is -1.55. The molecule has 4 heteroatoms. The quantitative estimate of drug-likeness (QED) is 0.785. The maximum absolute atomic E-state index is 11.9. The first-order valence-corrected chi connectivity index (χ1v) is 5.95. The average Bonchev–Trinajstić information content (AvgIpc) is 2.73. The third-order valence-electron chi connectivity index (χ3n) is 3.71. The molecule has 0 fully saturated rings. The summed E-state index contributed by atoms with van der Waals surface area (Å²) in [6, 6.07) is 0. The number of hydrogen-bond acceptors (Lipinski definition) is 2. The molecule has 0 spiro atoms. The van der Waals surface area contributed by atoms with Crippen molar-refractivity contribution >= 4 is 10.9 Å². The third kappa shape index (κ3) is 1.52. The van der Waals surface area contributed by atoms with Gasteiger partial charge in [-0.1, -0.05) is 0 Å². The monoisotopic (exact) mass is 232 g/mol. The standard InChI is InChI=1S/C13H16N2O2/c1-7-6-14-13(16)11-9-5-8(17-2)3-4-10(9)15-12(7)11/h6,8,15H,3-5H2,1-2H3,(H,14,16). The number of aromatic amines is 2. The summed E-state index contributed by atoms with van der Waals surface area (Å²) >= 11 is 0. The van der Waals surface area contributed by atoms with E-state index < -0.39 is 0 Å². The number of nitrogens with one attached hydrogen (secondary N) is 2. The van der Waals surface area contributed by atoms with E-state index in [4.69, 9.17) is 4.74 Å². The van der Waals surface area contributed by atoms with E-state index in [0.29, 0.717) is 0 Å². The molecule has 1 atom stereocenters. The molecule has 0 saturated heterocycles. The molecule has 0 amide bonds. The van der Waals surface area contributed by atoms with Crippen molar-refractivity contribution in [2.75, 3.05) is 7.11 Å². The molecule has 2 heterocycles. The summed E-state index contributed by atoms with van der Waals surface area (Å²) in [6.45, 7) is 2.01. The lowest BCUT2D eigenvalue weighted by atomic mass is 9.93. The molecule has 0 radical (unpaired) electrons. The Balaban J connectivity index is 2.28. The Labute approximate surface area is 99.0 Å². The first kappa shape index (κ1) is 10.6. The van der Waals surface area contributed by atoms with Crippen LogP contribution < -0.4 is 5.56 Å². The first-order chi connectivity index (χ1) is 8.20.